The molecule has 3 heterocycles. The first-order valence-electron chi connectivity index (χ1n) is 15.7. The number of hydrogen-bond acceptors (Lipinski definition) is 7. The van der Waals surface area contributed by atoms with Crippen molar-refractivity contribution >= 4 is 17.5 Å². The van der Waals surface area contributed by atoms with Crippen LogP contribution in [0.5, 0.6) is 0 Å². The largest absolute Gasteiger partial charge is 0.386 e. The summed E-state index contributed by atoms with van der Waals surface area (Å²) < 4.78 is 0. The number of piperidine rings is 1. The SMILES string of the molecule is O=C(NC[C@@]1(O)CCCN(c2cc(NCc3ccccc3)ncn2)C1)c1ccc(CN2CC3(CCC3)[C@@H]2C2CC2)cc1. The number of carbonyl (C=O) groups is 1. The summed E-state index contributed by atoms with van der Waals surface area (Å²) in [7, 11) is 0. The number of likely N-dealkylation sites (tertiary alicyclic amines) is 1. The van der Waals surface area contributed by atoms with Crippen molar-refractivity contribution in [2.24, 2.45) is 11.3 Å². The average molecular weight is 567 g/mol. The first-order chi connectivity index (χ1) is 20.5. The summed E-state index contributed by atoms with van der Waals surface area (Å²) in [4.78, 5) is 26.6. The van der Waals surface area contributed by atoms with Crippen LogP contribution < -0.4 is 15.5 Å². The normalized spacial score (nSPS) is 25.0. The number of anilines is 2. The maximum Gasteiger partial charge on any atom is 0.251 e. The third-order valence-corrected chi connectivity index (χ3v) is 9.98. The molecule has 2 saturated carbocycles. The van der Waals surface area contributed by atoms with Gasteiger partial charge in [0.25, 0.3) is 5.91 Å². The smallest absolute Gasteiger partial charge is 0.251 e. The van der Waals surface area contributed by atoms with Crippen molar-refractivity contribution in [2.75, 3.05) is 36.4 Å². The van der Waals surface area contributed by atoms with Crippen LogP contribution in [0.3, 0.4) is 0 Å². The van der Waals surface area contributed by atoms with Gasteiger partial charge in [-0.05, 0) is 73.1 Å². The standard InChI is InChI=1S/C34H42N6O2/c41-32(28-10-8-26(9-11-28)20-40-22-33(14-4-15-33)31(40)27-12-13-27)36-21-34(42)16-5-17-39(23-34)30-18-29(37-24-38-30)35-19-25-6-2-1-3-7-25/h1-3,6-11,18,24,27,31,42H,4-5,12-17,19-23H2,(H,36,41)(H,35,37,38)/t31-,34-/m0/s1. The summed E-state index contributed by atoms with van der Waals surface area (Å²) in [6.07, 6.45) is 10.0. The summed E-state index contributed by atoms with van der Waals surface area (Å²) in [6, 6.07) is 20.9. The van der Waals surface area contributed by atoms with Gasteiger partial charge in [-0.1, -0.05) is 48.9 Å². The highest BCUT2D eigenvalue weighted by Gasteiger charge is 2.59. The highest BCUT2D eigenvalue weighted by atomic mass is 16.3. The predicted octanol–water partition coefficient (Wildman–Crippen LogP) is 4.61. The fourth-order valence-electron chi connectivity index (χ4n) is 7.52. The lowest BCUT2D eigenvalue weighted by atomic mass is 9.56. The van der Waals surface area contributed by atoms with E-state index in [4.69, 9.17) is 0 Å². The molecule has 42 heavy (non-hydrogen) atoms. The van der Waals surface area contributed by atoms with Crippen LogP contribution >= 0.6 is 0 Å². The number of aromatic nitrogens is 2. The van der Waals surface area contributed by atoms with Crippen molar-refractivity contribution < 1.29 is 9.90 Å². The van der Waals surface area contributed by atoms with Gasteiger partial charge in [0.2, 0.25) is 0 Å². The van der Waals surface area contributed by atoms with E-state index >= 15 is 0 Å². The van der Waals surface area contributed by atoms with E-state index in [0.717, 1.165) is 43.1 Å². The lowest BCUT2D eigenvalue weighted by Gasteiger charge is -2.63. The zero-order chi connectivity index (χ0) is 28.6. The predicted molar refractivity (Wildman–Crippen MR) is 164 cm³/mol. The van der Waals surface area contributed by atoms with Crippen LogP contribution in [0.1, 0.15) is 66.4 Å². The monoisotopic (exact) mass is 566 g/mol. The molecule has 2 atom stereocenters. The topological polar surface area (TPSA) is 93.6 Å². The maximum absolute atomic E-state index is 13.0. The molecule has 3 aromatic rings. The Labute approximate surface area is 248 Å². The molecule has 220 valence electrons. The molecule has 2 saturated heterocycles. The minimum atomic E-state index is -1.02. The number of benzene rings is 2. The molecule has 1 aromatic heterocycles. The molecule has 3 N–H and O–H groups in total. The first kappa shape index (κ1) is 27.3. The summed E-state index contributed by atoms with van der Waals surface area (Å²) in [5.41, 5.74) is 2.69. The Balaban J connectivity index is 0.913. The van der Waals surface area contributed by atoms with E-state index in [1.807, 2.05) is 36.4 Å². The minimum absolute atomic E-state index is 0.144. The van der Waals surface area contributed by atoms with Gasteiger partial charge in [-0.3, -0.25) is 9.69 Å². The average Bonchev–Trinajstić information content (AvgIpc) is 3.81. The Morgan fingerprint density at radius 3 is 2.50 bits per heavy atom. The Kier molecular flexibility index (Phi) is 7.36. The Morgan fingerprint density at radius 2 is 1.76 bits per heavy atom. The lowest BCUT2D eigenvalue weighted by molar-refractivity contribution is -0.140. The van der Waals surface area contributed by atoms with E-state index < -0.39 is 5.60 Å². The molecular weight excluding hydrogens is 524 g/mol. The van der Waals surface area contributed by atoms with Crippen LogP contribution in [-0.2, 0) is 13.1 Å². The number of carbonyl (C=O) groups excluding carboxylic acids is 1. The number of aliphatic hydroxyl groups is 1. The number of nitrogens with one attached hydrogen (secondary N) is 2. The van der Waals surface area contributed by atoms with Crippen LogP contribution in [-0.4, -0.2) is 63.7 Å². The third kappa shape index (κ3) is 5.75. The number of β-amino-alcohol motifs (C(OH)–C–C–N with tert-alkyl or cyclic N) is 1. The van der Waals surface area contributed by atoms with E-state index in [9.17, 15) is 9.90 Å². The maximum atomic E-state index is 13.0. The highest BCUT2D eigenvalue weighted by Crippen LogP contribution is 2.59. The molecule has 8 heteroatoms. The second kappa shape index (κ2) is 11.3. The molecule has 0 bridgehead atoms. The van der Waals surface area contributed by atoms with Crippen LogP contribution in [0.4, 0.5) is 11.6 Å². The molecular formula is C34H42N6O2. The van der Waals surface area contributed by atoms with Crippen molar-refractivity contribution in [3.8, 4) is 0 Å². The molecule has 1 amide bonds. The van der Waals surface area contributed by atoms with Gasteiger partial charge >= 0.3 is 0 Å². The molecule has 2 aliphatic heterocycles. The van der Waals surface area contributed by atoms with E-state index in [1.165, 1.54) is 49.8 Å². The van der Waals surface area contributed by atoms with Gasteiger partial charge in [-0.2, -0.15) is 0 Å². The Bertz CT molecular complexity index is 1390. The van der Waals surface area contributed by atoms with Crippen LogP contribution in [0.15, 0.2) is 67.0 Å². The van der Waals surface area contributed by atoms with Gasteiger partial charge in [0.15, 0.2) is 0 Å². The van der Waals surface area contributed by atoms with E-state index in [2.05, 4.69) is 54.7 Å². The summed E-state index contributed by atoms with van der Waals surface area (Å²) >= 11 is 0. The third-order valence-electron chi connectivity index (χ3n) is 9.98. The van der Waals surface area contributed by atoms with Gasteiger partial charge in [-0.25, -0.2) is 9.97 Å². The molecule has 8 nitrogen and oxygen atoms in total. The number of hydrogen-bond donors (Lipinski definition) is 3. The van der Waals surface area contributed by atoms with Crippen molar-refractivity contribution in [3.05, 3.63) is 83.7 Å². The van der Waals surface area contributed by atoms with Gasteiger partial charge in [0.1, 0.15) is 18.0 Å². The zero-order valence-electron chi connectivity index (χ0n) is 24.3. The summed E-state index contributed by atoms with van der Waals surface area (Å²) in [5, 5.41) is 17.8. The van der Waals surface area contributed by atoms with Crippen molar-refractivity contribution in [1.29, 1.82) is 0 Å². The quantitative estimate of drug-likeness (QED) is 0.330. The Hall–Kier alpha value is -3.49. The molecule has 2 aromatic carbocycles. The zero-order valence-corrected chi connectivity index (χ0v) is 24.3. The van der Waals surface area contributed by atoms with Gasteiger partial charge in [0.05, 0.1) is 5.60 Å². The van der Waals surface area contributed by atoms with Gasteiger partial charge in [-0.15, -0.1) is 0 Å². The lowest BCUT2D eigenvalue weighted by Crippen LogP contribution is -2.67. The molecule has 2 aliphatic carbocycles. The molecule has 7 rings (SSSR count). The molecule has 0 radical (unpaired) electrons. The van der Waals surface area contributed by atoms with E-state index in [-0.39, 0.29) is 12.5 Å². The van der Waals surface area contributed by atoms with Crippen molar-refractivity contribution in [3.63, 3.8) is 0 Å². The molecule has 0 unspecified atom stereocenters. The van der Waals surface area contributed by atoms with Gasteiger partial charge in [0, 0.05) is 56.9 Å². The minimum Gasteiger partial charge on any atom is -0.386 e. The summed E-state index contributed by atoms with van der Waals surface area (Å²) in [5.74, 6) is 2.29. The second-order valence-corrected chi connectivity index (χ2v) is 13.1. The first-order valence-corrected chi connectivity index (χ1v) is 15.7. The van der Waals surface area contributed by atoms with Crippen LogP contribution in [0.2, 0.25) is 0 Å². The second-order valence-electron chi connectivity index (χ2n) is 13.1. The van der Waals surface area contributed by atoms with Crippen LogP contribution in [0.25, 0.3) is 0 Å². The van der Waals surface area contributed by atoms with Crippen molar-refractivity contribution in [2.45, 2.75) is 69.7 Å². The molecule has 4 aliphatic rings. The van der Waals surface area contributed by atoms with E-state index in [0.29, 0.717) is 30.5 Å². The van der Waals surface area contributed by atoms with E-state index in [1.54, 1.807) is 6.33 Å². The number of nitrogens with zero attached hydrogens (tertiary/aromatic N) is 4. The fraction of sp³-hybridized carbons (Fsp3) is 0.500. The van der Waals surface area contributed by atoms with Gasteiger partial charge < -0.3 is 20.6 Å². The fourth-order valence-corrected chi connectivity index (χ4v) is 7.52. The molecule has 1 spiro atoms. The van der Waals surface area contributed by atoms with Crippen molar-refractivity contribution in [1.82, 2.24) is 20.2 Å². The number of amides is 1. The molecule has 4 fully saturated rings. The highest BCUT2D eigenvalue weighted by molar-refractivity contribution is 5.94. The Morgan fingerprint density at radius 1 is 0.952 bits per heavy atom. The van der Waals surface area contributed by atoms with Crippen LogP contribution in [0, 0.1) is 11.3 Å². The summed E-state index contributed by atoms with van der Waals surface area (Å²) in [6.45, 7) is 4.30. The number of rotatable bonds is 10.